The van der Waals surface area contributed by atoms with E-state index in [4.69, 9.17) is 0 Å². The highest BCUT2D eigenvalue weighted by Crippen LogP contribution is 2.26. The maximum Gasteiger partial charge on any atom is 0.116 e. The fraction of sp³-hybridized carbons (Fsp3) is 0.0909. The van der Waals surface area contributed by atoms with E-state index in [1.807, 2.05) is 12.3 Å². The number of rotatable bonds is 1. The van der Waals surface area contributed by atoms with Gasteiger partial charge in [-0.15, -0.1) is 0 Å². The number of phenolic OH excluding ortho intramolecular Hbond substituents is 1. The van der Waals surface area contributed by atoms with Crippen LogP contribution in [0.1, 0.15) is 5.56 Å². The van der Waals surface area contributed by atoms with E-state index in [9.17, 15) is 5.11 Å². The highest BCUT2D eigenvalue weighted by molar-refractivity contribution is 7.08. The van der Waals surface area contributed by atoms with Crippen LogP contribution in [0.5, 0.6) is 5.75 Å². The molecule has 0 fully saturated rings. The Bertz CT molecular complexity index is 384. The molecular weight excluding hydrogens is 180 g/mol. The molecule has 1 aromatic carbocycles. The van der Waals surface area contributed by atoms with Crippen molar-refractivity contribution < 1.29 is 5.11 Å². The average molecular weight is 190 g/mol. The summed E-state index contributed by atoms with van der Waals surface area (Å²) in [7, 11) is 0. The van der Waals surface area contributed by atoms with Crippen LogP contribution in [-0.4, -0.2) is 5.11 Å². The first kappa shape index (κ1) is 8.32. The molecule has 1 heterocycles. The van der Waals surface area contributed by atoms with E-state index in [0.717, 1.165) is 11.1 Å². The van der Waals surface area contributed by atoms with E-state index >= 15 is 0 Å². The molecule has 0 amide bonds. The second-order valence-electron chi connectivity index (χ2n) is 3.07. The van der Waals surface area contributed by atoms with Crippen molar-refractivity contribution in [2.24, 2.45) is 0 Å². The second kappa shape index (κ2) is 3.23. The summed E-state index contributed by atoms with van der Waals surface area (Å²) in [4.78, 5) is 0. The van der Waals surface area contributed by atoms with Crippen LogP contribution < -0.4 is 0 Å². The normalized spacial score (nSPS) is 10.2. The zero-order valence-corrected chi connectivity index (χ0v) is 8.14. The maximum atomic E-state index is 9.40. The quantitative estimate of drug-likeness (QED) is 0.730. The van der Waals surface area contributed by atoms with E-state index < -0.39 is 0 Å². The summed E-state index contributed by atoms with van der Waals surface area (Å²) in [5, 5.41) is 13.5. The summed E-state index contributed by atoms with van der Waals surface area (Å²) in [6, 6.07) is 7.67. The first-order valence-corrected chi connectivity index (χ1v) is 5.03. The molecule has 0 saturated heterocycles. The van der Waals surface area contributed by atoms with Gasteiger partial charge >= 0.3 is 0 Å². The molecule has 1 nitrogen and oxygen atoms in total. The molecule has 0 atom stereocenters. The van der Waals surface area contributed by atoms with E-state index in [-0.39, 0.29) is 0 Å². The molecule has 0 bridgehead atoms. The van der Waals surface area contributed by atoms with Crippen molar-refractivity contribution in [3.63, 3.8) is 0 Å². The number of aryl methyl sites for hydroxylation is 1. The molecule has 0 saturated carbocycles. The summed E-state index contributed by atoms with van der Waals surface area (Å²) < 4.78 is 0. The summed E-state index contributed by atoms with van der Waals surface area (Å²) in [5.41, 5.74) is 3.34. The largest absolute Gasteiger partial charge is 0.508 e. The summed E-state index contributed by atoms with van der Waals surface area (Å²) >= 11 is 1.66. The van der Waals surface area contributed by atoms with Crippen LogP contribution in [0.25, 0.3) is 11.1 Å². The van der Waals surface area contributed by atoms with Gasteiger partial charge in [0.25, 0.3) is 0 Å². The van der Waals surface area contributed by atoms with Gasteiger partial charge in [0.15, 0.2) is 0 Å². The zero-order valence-electron chi connectivity index (χ0n) is 7.32. The Balaban J connectivity index is 2.53. The van der Waals surface area contributed by atoms with Gasteiger partial charge in [-0.1, -0.05) is 6.07 Å². The van der Waals surface area contributed by atoms with Crippen LogP contribution >= 0.6 is 11.3 Å². The predicted octanol–water partition coefficient (Wildman–Crippen LogP) is 3.43. The predicted molar refractivity (Wildman–Crippen MR) is 56.2 cm³/mol. The Morgan fingerprint density at radius 3 is 2.62 bits per heavy atom. The van der Waals surface area contributed by atoms with Gasteiger partial charge in [0.1, 0.15) is 5.75 Å². The smallest absolute Gasteiger partial charge is 0.116 e. The molecule has 0 unspecified atom stereocenters. The van der Waals surface area contributed by atoms with E-state index in [1.165, 1.54) is 5.56 Å². The van der Waals surface area contributed by atoms with Crippen LogP contribution in [0.15, 0.2) is 35.0 Å². The molecule has 0 aliphatic carbocycles. The molecule has 0 spiro atoms. The molecule has 0 aliphatic rings. The number of benzene rings is 1. The first-order valence-electron chi connectivity index (χ1n) is 4.09. The third-order valence-electron chi connectivity index (χ3n) is 1.92. The van der Waals surface area contributed by atoms with Crippen LogP contribution in [0.3, 0.4) is 0 Å². The molecule has 1 aromatic heterocycles. The van der Waals surface area contributed by atoms with Crippen molar-refractivity contribution in [1.29, 1.82) is 0 Å². The van der Waals surface area contributed by atoms with E-state index in [2.05, 4.69) is 17.5 Å². The van der Waals surface area contributed by atoms with Crippen LogP contribution in [-0.2, 0) is 0 Å². The molecule has 0 aliphatic heterocycles. The molecule has 13 heavy (non-hydrogen) atoms. The van der Waals surface area contributed by atoms with Crippen molar-refractivity contribution >= 4 is 11.3 Å². The molecule has 2 aromatic rings. The van der Waals surface area contributed by atoms with Crippen LogP contribution in [0.4, 0.5) is 0 Å². The maximum absolute atomic E-state index is 9.40. The number of hydrogen-bond acceptors (Lipinski definition) is 2. The summed E-state index contributed by atoms with van der Waals surface area (Å²) in [6.45, 7) is 1.98. The Hall–Kier alpha value is -1.28. The van der Waals surface area contributed by atoms with Gasteiger partial charge < -0.3 is 5.11 Å². The lowest BCUT2D eigenvalue weighted by molar-refractivity contribution is 0.475. The van der Waals surface area contributed by atoms with Gasteiger partial charge in [0.2, 0.25) is 0 Å². The fourth-order valence-electron chi connectivity index (χ4n) is 1.36. The van der Waals surface area contributed by atoms with E-state index in [0.29, 0.717) is 5.75 Å². The van der Waals surface area contributed by atoms with Crippen molar-refractivity contribution in [2.45, 2.75) is 6.92 Å². The topological polar surface area (TPSA) is 20.2 Å². The Labute approximate surface area is 81.3 Å². The lowest BCUT2D eigenvalue weighted by atomic mass is 10.1. The molecule has 2 heteroatoms. The van der Waals surface area contributed by atoms with Gasteiger partial charge in [0, 0.05) is 0 Å². The van der Waals surface area contributed by atoms with Gasteiger partial charge in [-0.25, -0.2) is 0 Å². The Morgan fingerprint density at radius 2 is 2.00 bits per heavy atom. The SMILES string of the molecule is Cc1cc(O)cc(-c2ccsc2)c1. The third kappa shape index (κ3) is 1.73. The molecule has 1 N–H and O–H groups in total. The van der Waals surface area contributed by atoms with Crippen molar-refractivity contribution in [3.05, 3.63) is 40.6 Å². The van der Waals surface area contributed by atoms with Gasteiger partial charge in [0.05, 0.1) is 0 Å². The molecule has 0 radical (unpaired) electrons. The van der Waals surface area contributed by atoms with Crippen molar-refractivity contribution in [2.75, 3.05) is 0 Å². The number of phenols is 1. The second-order valence-corrected chi connectivity index (χ2v) is 3.85. The fourth-order valence-corrected chi connectivity index (χ4v) is 2.02. The third-order valence-corrected chi connectivity index (χ3v) is 2.60. The Morgan fingerprint density at radius 1 is 1.15 bits per heavy atom. The van der Waals surface area contributed by atoms with Crippen LogP contribution in [0.2, 0.25) is 0 Å². The van der Waals surface area contributed by atoms with E-state index in [1.54, 1.807) is 23.5 Å². The highest BCUT2D eigenvalue weighted by atomic mass is 32.1. The number of thiophene rings is 1. The first-order chi connectivity index (χ1) is 6.25. The standard InChI is InChI=1S/C11H10OS/c1-8-4-10(6-11(12)5-8)9-2-3-13-7-9/h2-7,12H,1H3. The minimum Gasteiger partial charge on any atom is -0.508 e. The van der Waals surface area contributed by atoms with Crippen molar-refractivity contribution in [1.82, 2.24) is 0 Å². The van der Waals surface area contributed by atoms with Crippen molar-refractivity contribution in [3.8, 4) is 16.9 Å². The lowest BCUT2D eigenvalue weighted by Crippen LogP contribution is -1.76. The van der Waals surface area contributed by atoms with Gasteiger partial charge in [-0.2, -0.15) is 11.3 Å². The van der Waals surface area contributed by atoms with Crippen LogP contribution in [0, 0.1) is 6.92 Å². The van der Waals surface area contributed by atoms with Gasteiger partial charge in [-0.05, 0) is 52.6 Å². The minimum absolute atomic E-state index is 0.334. The monoisotopic (exact) mass is 190 g/mol. The average Bonchev–Trinajstić information content (AvgIpc) is 2.53. The summed E-state index contributed by atoms with van der Waals surface area (Å²) in [5.74, 6) is 0.334. The molecule has 66 valence electrons. The Kier molecular flexibility index (Phi) is 2.07. The molecule has 2 rings (SSSR count). The number of aromatic hydroxyl groups is 1. The van der Waals surface area contributed by atoms with Gasteiger partial charge in [-0.3, -0.25) is 0 Å². The highest BCUT2D eigenvalue weighted by Gasteiger charge is 2.00. The minimum atomic E-state index is 0.334. The zero-order chi connectivity index (χ0) is 9.26. The molecular formula is C11H10OS. The number of hydrogen-bond donors (Lipinski definition) is 1. The lowest BCUT2D eigenvalue weighted by Gasteiger charge is -2.01. The summed E-state index contributed by atoms with van der Waals surface area (Å²) in [6.07, 6.45) is 0.